The van der Waals surface area contributed by atoms with Crippen molar-refractivity contribution in [1.29, 1.82) is 0 Å². The van der Waals surface area contributed by atoms with E-state index in [9.17, 15) is 34.4 Å². The van der Waals surface area contributed by atoms with Gasteiger partial charge in [0.15, 0.2) is 13.9 Å². The summed E-state index contributed by atoms with van der Waals surface area (Å²) in [6, 6.07) is 27.1. The third kappa shape index (κ3) is 7.44. The highest BCUT2D eigenvalue weighted by Crippen LogP contribution is 2.60. The van der Waals surface area contributed by atoms with Gasteiger partial charge in [-0.2, -0.15) is 0 Å². The Balaban J connectivity index is 1.30. The molecule has 13 nitrogen and oxygen atoms in total. The van der Waals surface area contributed by atoms with E-state index in [1.54, 1.807) is 68.5 Å². The number of fused-ring (bicyclic) bond motifs is 2. The first-order valence-corrected chi connectivity index (χ1v) is 20.4. The van der Waals surface area contributed by atoms with Gasteiger partial charge in [-0.25, -0.2) is 0 Å². The summed E-state index contributed by atoms with van der Waals surface area (Å²) in [4.78, 5) is 67.7. The number of aliphatic hydroxyl groups is 1. The number of carbonyl (C=O) groups excluding carboxylic acids is 3. The molecule has 4 atom stereocenters. The summed E-state index contributed by atoms with van der Waals surface area (Å²) >= 11 is 0. The molecule has 5 N–H and O–H groups in total. The van der Waals surface area contributed by atoms with E-state index in [-0.39, 0.29) is 50.2 Å². The highest BCUT2D eigenvalue weighted by atomic mass is 28.4. The molecule has 4 aromatic rings. The molecular weight excluding hydrogens is 695 g/mol. The maximum Gasteiger partial charge on any atom is 0.269 e. The summed E-state index contributed by atoms with van der Waals surface area (Å²) in [6.45, 7) is 5.45. The molecule has 0 bridgehead atoms. The summed E-state index contributed by atoms with van der Waals surface area (Å²) in [5.74, 6) is -1.73. The van der Waals surface area contributed by atoms with Crippen LogP contribution in [-0.2, 0) is 33.0 Å². The van der Waals surface area contributed by atoms with E-state index in [1.807, 2.05) is 30.3 Å². The topological polar surface area (TPSA) is 189 Å². The molecule has 1 spiro atoms. The zero-order valence-electron chi connectivity index (χ0n) is 29.8. The van der Waals surface area contributed by atoms with Gasteiger partial charge in [-0.05, 0) is 66.7 Å². The molecule has 0 saturated carbocycles. The molecule has 14 heteroatoms. The number of nitrogens with one attached hydrogen (secondary N) is 1. The average Bonchev–Trinajstić information content (AvgIpc) is 3.55. The number of ether oxygens (including phenoxy) is 1. The maximum absolute atomic E-state index is 14.8. The van der Waals surface area contributed by atoms with Crippen molar-refractivity contribution in [1.82, 2.24) is 4.90 Å². The van der Waals surface area contributed by atoms with Crippen molar-refractivity contribution < 1.29 is 33.9 Å². The lowest BCUT2D eigenvalue weighted by Crippen LogP contribution is -2.46. The van der Waals surface area contributed by atoms with E-state index < -0.39 is 42.3 Å². The maximum atomic E-state index is 14.8. The van der Waals surface area contributed by atoms with Gasteiger partial charge in [-0.3, -0.25) is 24.5 Å². The van der Waals surface area contributed by atoms with E-state index in [0.29, 0.717) is 28.2 Å². The number of anilines is 3. The number of hydrogen-bond acceptors (Lipinski definition) is 9. The fourth-order valence-corrected chi connectivity index (χ4v) is 10.3. The Kier molecular flexibility index (Phi) is 10.5. The van der Waals surface area contributed by atoms with Gasteiger partial charge in [0.25, 0.3) is 17.5 Å². The third-order valence-corrected chi connectivity index (χ3v) is 12.7. The second-order valence-electron chi connectivity index (χ2n) is 14.2. The lowest BCUT2D eigenvalue weighted by Gasteiger charge is -2.32. The number of hydrogen-bond donors (Lipinski definition) is 4. The van der Waals surface area contributed by atoms with Crippen molar-refractivity contribution >= 4 is 48.8 Å². The lowest BCUT2D eigenvalue weighted by molar-refractivity contribution is -0.385. The number of aliphatic hydroxyl groups excluding tert-OH is 1. The smallest absolute Gasteiger partial charge is 0.269 e. The third-order valence-electron chi connectivity index (χ3n) is 10.2. The molecule has 1 saturated heterocycles. The van der Waals surface area contributed by atoms with Crippen molar-refractivity contribution in [2.45, 2.75) is 56.8 Å². The number of rotatable bonds is 12. The van der Waals surface area contributed by atoms with Crippen LogP contribution in [0.1, 0.15) is 40.4 Å². The van der Waals surface area contributed by atoms with Crippen LogP contribution in [-0.4, -0.2) is 65.0 Å². The average molecular weight is 738 g/mol. The number of nitro benzene ring substituents is 1. The van der Waals surface area contributed by atoms with Crippen LogP contribution < -0.4 is 16.0 Å². The Morgan fingerprint density at radius 3 is 2.32 bits per heavy atom. The first kappa shape index (κ1) is 37.3. The summed E-state index contributed by atoms with van der Waals surface area (Å²) in [5.41, 5.74) is 7.07. The fourth-order valence-electron chi connectivity index (χ4n) is 7.77. The van der Waals surface area contributed by atoms with E-state index in [4.69, 9.17) is 10.5 Å². The normalized spacial score (nSPS) is 20.7. The number of amides is 3. The minimum atomic E-state index is -3.16. The van der Waals surface area contributed by atoms with Crippen LogP contribution in [0.2, 0.25) is 18.6 Å². The molecule has 4 aromatic carbocycles. The predicted molar refractivity (Wildman–Crippen MR) is 202 cm³/mol. The summed E-state index contributed by atoms with van der Waals surface area (Å²) in [6.07, 6.45) is -1.05. The van der Waals surface area contributed by atoms with Crippen molar-refractivity contribution in [3.8, 4) is 0 Å². The van der Waals surface area contributed by atoms with Crippen molar-refractivity contribution in [2.24, 2.45) is 5.92 Å². The van der Waals surface area contributed by atoms with Gasteiger partial charge in [0.2, 0.25) is 5.91 Å². The molecular formula is C39H43N5O8Si. The second kappa shape index (κ2) is 14.9. The van der Waals surface area contributed by atoms with Crippen LogP contribution in [0.4, 0.5) is 22.7 Å². The Bertz CT molecular complexity index is 2010. The number of nitrogen functional groups attached to an aromatic ring is 1. The molecule has 2 aliphatic heterocycles. The molecule has 0 radical (unpaired) electrons. The molecule has 0 aliphatic carbocycles. The minimum Gasteiger partial charge on any atom is -0.432 e. The molecule has 3 amide bonds. The van der Waals surface area contributed by atoms with Gasteiger partial charge < -0.3 is 35.5 Å². The second-order valence-corrected chi connectivity index (χ2v) is 18.2. The fraction of sp³-hybridized carbons (Fsp3) is 0.308. The van der Waals surface area contributed by atoms with Gasteiger partial charge in [0, 0.05) is 59.2 Å². The Morgan fingerprint density at radius 1 is 1.02 bits per heavy atom. The van der Waals surface area contributed by atoms with Gasteiger partial charge >= 0.3 is 0 Å². The molecule has 0 aromatic heterocycles. The monoisotopic (exact) mass is 737 g/mol. The summed E-state index contributed by atoms with van der Waals surface area (Å²) < 4.78 is 6.76. The molecule has 2 aliphatic rings. The van der Waals surface area contributed by atoms with E-state index in [1.165, 1.54) is 28.0 Å². The zero-order chi connectivity index (χ0) is 38.1. The Hall–Kier alpha value is -5.41. The van der Waals surface area contributed by atoms with Gasteiger partial charge in [-0.1, -0.05) is 49.4 Å². The first-order chi connectivity index (χ1) is 25.2. The van der Waals surface area contributed by atoms with E-state index >= 15 is 0 Å². The van der Waals surface area contributed by atoms with Gasteiger partial charge in [0.05, 0.1) is 36.3 Å². The number of nitro groups is 1. The van der Waals surface area contributed by atoms with Crippen molar-refractivity contribution in [3.05, 3.63) is 129 Å². The van der Waals surface area contributed by atoms with Crippen molar-refractivity contribution in [3.63, 3.8) is 0 Å². The number of nitrogens with two attached hydrogens (primary N) is 1. The number of non-ortho nitro benzene ring substituents is 1. The molecule has 0 unspecified atom stereocenters. The van der Waals surface area contributed by atoms with Crippen molar-refractivity contribution in [2.75, 3.05) is 29.1 Å². The van der Waals surface area contributed by atoms with Gasteiger partial charge in [0.1, 0.15) is 0 Å². The molecule has 2 heterocycles. The quantitative estimate of drug-likeness (QED) is 0.0657. The highest BCUT2D eigenvalue weighted by molar-refractivity contribution is 6.71. The number of nitrogens with zero attached hydrogens (tertiary/aromatic N) is 3. The van der Waals surface area contributed by atoms with Crippen LogP contribution >= 0.6 is 0 Å². The van der Waals surface area contributed by atoms with E-state index in [0.717, 1.165) is 11.1 Å². The van der Waals surface area contributed by atoms with Crippen LogP contribution in [0.25, 0.3) is 0 Å². The van der Waals surface area contributed by atoms with Crippen LogP contribution in [0.15, 0.2) is 97.1 Å². The number of carbonyl (C=O) groups is 3. The van der Waals surface area contributed by atoms with Crippen LogP contribution in [0, 0.1) is 16.0 Å². The largest absolute Gasteiger partial charge is 0.432 e. The lowest BCUT2D eigenvalue weighted by atomic mass is 9.82. The molecule has 276 valence electrons. The Morgan fingerprint density at radius 2 is 1.70 bits per heavy atom. The van der Waals surface area contributed by atoms with Crippen LogP contribution in [0.5, 0.6) is 0 Å². The summed E-state index contributed by atoms with van der Waals surface area (Å²) in [7, 11) is -3.16. The zero-order valence-corrected chi connectivity index (χ0v) is 30.8. The molecule has 6 rings (SSSR count). The predicted octanol–water partition coefficient (Wildman–Crippen LogP) is 5.19. The van der Waals surface area contributed by atoms with E-state index in [2.05, 4.69) is 5.32 Å². The first-order valence-electron chi connectivity index (χ1n) is 17.4. The van der Waals surface area contributed by atoms with Crippen LogP contribution in [0.3, 0.4) is 0 Å². The molecule has 1 fully saturated rings. The SMILES string of the molecule is C[C@H]1[C@H]([Si](C)(C)O)[C@@H](CC(=O)N(CCO)Cc2ccccc2)O[C@]12C(=O)N(Cc1ccc(NC(=O)c3ccc(N)cc3)cc1)c1ccc([N+](=O)[O-])cc12. The van der Waals surface area contributed by atoms with Gasteiger partial charge in [-0.15, -0.1) is 0 Å². The minimum absolute atomic E-state index is 0.0807. The standard InChI is InChI=1S/C39H43N5O8Si/c1-25-36(53(2,3)51)34(22-35(46)42(19-20-45)23-26-7-5-4-6-8-26)52-39(25)32-21-31(44(49)50)17-18-33(32)43(38(39)48)24-27-9-15-30(16-10-27)41-37(47)28-11-13-29(40)14-12-28/h4-18,21,25,34,36,45,51H,19-20,22-24,40H2,1-3H3,(H,41,47)/t25-,34+,36-,39+/m0/s1. The Labute approximate surface area is 308 Å². The number of benzene rings is 4. The summed E-state index contributed by atoms with van der Waals surface area (Å²) in [5, 5.41) is 24.6. The highest BCUT2D eigenvalue weighted by Gasteiger charge is 2.66. The molecule has 53 heavy (non-hydrogen) atoms.